The summed E-state index contributed by atoms with van der Waals surface area (Å²) in [6.45, 7) is 5.17. The van der Waals surface area contributed by atoms with E-state index in [4.69, 9.17) is 9.47 Å². The van der Waals surface area contributed by atoms with Gasteiger partial charge in [0.05, 0.1) is 12.7 Å². The fourth-order valence-electron chi connectivity index (χ4n) is 2.49. The molecule has 2 aromatic carbocycles. The van der Waals surface area contributed by atoms with Crippen molar-refractivity contribution in [1.29, 1.82) is 0 Å². The van der Waals surface area contributed by atoms with Crippen molar-refractivity contribution in [2.24, 2.45) is 0 Å². The molecule has 0 spiro atoms. The lowest BCUT2D eigenvalue weighted by Gasteiger charge is -2.15. The molecule has 0 radical (unpaired) electrons. The fourth-order valence-corrected chi connectivity index (χ4v) is 2.49. The molecular weight excluding hydrogens is 316 g/mol. The van der Waals surface area contributed by atoms with Gasteiger partial charge in [0.15, 0.2) is 0 Å². The standard InChI is InChI=1S/C21H22O4/c1-14-5-9-17(10-6-14)20(18-11-7-15(2)8-12-18)19(21(23)24-4)13-25-16(3)22/h5-12H,13H2,1-4H3. The van der Waals surface area contributed by atoms with Gasteiger partial charge in [-0.3, -0.25) is 4.79 Å². The zero-order valence-electron chi connectivity index (χ0n) is 15.0. The molecular formula is C21H22O4. The largest absolute Gasteiger partial charge is 0.466 e. The first-order valence-corrected chi connectivity index (χ1v) is 8.01. The van der Waals surface area contributed by atoms with Gasteiger partial charge in [-0.15, -0.1) is 0 Å². The molecule has 0 aliphatic heterocycles. The van der Waals surface area contributed by atoms with E-state index in [9.17, 15) is 9.59 Å². The molecule has 4 heteroatoms. The highest BCUT2D eigenvalue weighted by Gasteiger charge is 2.20. The molecule has 2 aromatic rings. The molecule has 0 aliphatic carbocycles. The number of carbonyl (C=O) groups is 2. The third kappa shape index (κ3) is 4.80. The third-order valence-corrected chi connectivity index (χ3v) is 3.83. The molecule has 0 unspecified atom stereocenters. The zero-order chi connectivity index (χ0) is 18.4. The smallest absolute Gasteiger partial charge is 0.337 e. The van der Waals surface area contributed by atoms with E-state index in [1.165, 1.54) is 14.0 Å². The van der Waals surface area contributed by atoms with Crippen LogP contribution in [0.1, 0.15) is 29.2 Å². The number of aryl methyl sites for hydroxylation is 2. The van der Waals surface area contributed by atoms with Crippen LogP contribution in [-0.4, -0.2) is 25.7 Å². The molecule has 0 aromatic heterocycles. The highest BCUT2D eigenvalue weighted by Crippen LogP contribution is 2.28. The molecule has 25 heavy (non-hydrogen) atoms. The first-order valence-electron chi connectivity index (χ1n) is 8.01. The zero-order valence-corrected chi connectivity index (χ0v) is 15.0. The first kappa shape index (κ1) is 18.5. The van der Waals surface area contributed by atoms with E-state index >= 15 is 0 Å². The fraction of sp³-hybridized carbons (Fsp3) is 0.238. The molecule has 130 valence electrons. The molecule has 0 bridgehead atoms. The van der Waals surface area contributed by atoms with Crippen LogP contribution in [0.2, 0.25) is 0 Å². The van der Waals surface area contributed by atoms with Crippen LogP contribution in [0.25, 0.3) is 5.57 Å². The average Bonchev–Trinajstić information content (AvgIpc) is 2.60. The van der Waals surface area contributed by atoms with E-state index in [0.29, 0.717) is 11.1 Å². The molecule has 0 saturated heterocycles. The van der Waals surface area contributed by atoms with Crippen molar-refractivity contribution in [2.75, 3.05) is 13.7 Å². The lowest BCUT2D eigenvalue weighted by molar-refractivity contribution is -0.142. The summed E-state index contributed by atoms with van der Waals surface area (Å²) >= 11 is 0. The Labute approximate surface area is 148 Å². The van der Waals surface area contributed by atoms with Crippen LogP contribution in [0.5, 0.6) is 0 Å². The Balaban J connectivity index is 2.67. The van der Waals surface area contributed by atoms with Gasteiger partial charge in [0.2, 0.25) is 0 Å². The maximum atomic E-state index is 12.4. The Morgan fingerprint density at radius 1 is 0.840 bits per heavy atom. The normalized spacial score (nSPS) is 10.1. The summed E-state index contributed by atoms with van der Waals surface area (Å²) in [7, 11) is 1.32. The first-order chi connectivity index (χ1) is 11.9. The van der Waals surface area contributed by atoms with Gasteiger partial charge in [-0.2, -0.15) is 0 Å². The second kappa shape index (κ2) is 8.29. The van der Waals surface area contributed by atoms with Crippen LogP contribution < -0.4 is 0 Å². The maximum Gasteiger partial charge on any atom is 0.337 e. The van der Waals surface area contributed by atoms with E-state index in [1.54, 1.807) is 0 Å². The van der Waals surface area contributed by atoms with Crippen LogP contribution in [-0.2, 0) is 19.1 Å². The third-order valence-electron chi connectivity index (χ3n) is 3.83. The monoisotopic (exact) mass is 338 g/mol. The number of carbonyl (C=O) groups excluding carboxylic acids is 2. The van der Waals surface area contributed by atoms with Crippen LogP contribution in [0, 0.1) is 13.8 Å². The Kier molecular flexibility index (Phi) is 6.12. The van der Waals surface area contributed by atoms with E-state index in [-0.39, 0.29) is 6.61 Å². The molecule has 0 saturated carbocycles. The van der Waals surface area contributed by atoms with Gasteiger partial charge in [0.25, 0.3) is 0 Å². The lowest BCUT2D eigenvalue weighted by Crippen LogP contribution is -2.15. The minimum absolute atomic E-state index is 0.140. The number of rotatable bonds is 5. The summed E-state index contributed by atoms with van der Waals surface area (Å²) in [6, 6.07) is 15.7. The molecule has 0 fully saturated rings. The number of esters is 2. The number of ether oxygens (including phenoxy) is 2. The lowest BCUT2D eigenvalue weighted by atomic mass is 9.92. The molecule has 0 atom stereocenters. The number of hydrogen-bond donors (Lipinski definition) is 0. The maximum absolute atomic E-state index is 12.4. The van der Waals surface area contributed by atoms with E-state index in [2.05, 4.69) is 0 Å². The average molecular weight is 338 g/mol. The van der Waals surface area contributed by atoms with E-state index in [0.717, 1.165) is 22.3 Å². The Morgan fingerprint density at radius 2 is 1.28 bits per heavy atom. The van der Waals surface area contributed by atoms with Crippen molar-refractivity contribution in [2.45, 2.75) is 20.8 Å². The second-order valence-corrected chi connectivity index (χ2v) is 5.86. The van der Waals surface area contributed by atoms with E-state index in [1.807, 2.05) is 62.4 Å². The van der Waals surface area contributed by atoms with Gasteiger partial charge in [-0.25, -0.2) is 4.79 Å². The number of hydrogen-bond acceptors (Lipinski definition) is 4. The van der Waals surface area contributed by atoms with Crippen LogP contribution >= 0.6 is 0 Å². The van der Waals surface area contributed by atoms with Crippen molar-refractivity contribution < 1.29 is 19.1 Å². The van der Waals surface area contributed by atoms with E-state index < -0.39 is 11.9 Å². The SMILES string of the molecule is COC(=O)C(COC(C)=O)=C(c1ccc(C)cc1)c1ccc(C)cc1. The molecule has 0 amide bonds. The number of methoxy groups -OCH3 is 1. The number of benzene rings is 2. The topological polar surface area (TPSA) is 52.6 Å². The van der Waals surface area contributed by atoms with Gasteiger partial charge in [0.1, 0.15) is 6.61 Å². The predicted octanol–water partition coefficient (Wildman–Crippen LogP) is 3.84. The highest BCUT2D eigenvalue weighted by atomic mass is 16.5. The van der Waals surface area contributed by atoms with Crippen molar-refractivity contribution in [3.8, 4) is 0 Å². The highest BCUT2D eigenvalue weighted by molar-refractivity contribution is 6.02. The van der Waals surface area contributed by atoms with Crippen LogP contribution in [0.15, 0.2) is 54.1 Å². The second-order valence-electron chi connectivity index (χ2n) is 5.86. The van der Waals surface area contributed by atoms with Crippen molar-refractivity contribution in [1.82, 2.24) is 0 Å². The van der Waals surface area contributed by atoms with Crippen LogP contribution in [0.4, 0.5) is 0 Å². The summed E-state index contributed by atoms with van der Waals surface area (Å²) in [6.07, 6.45) is 0. The van der Waals surface area contributed by atoms with Crippen LogP contribution in [0.3, 0.4) is 0 Å². The summed E-state index contributed by atoms with van der Waals surface area (Å²) in [4.78, 5) is 23.6. The molecule has 0 N–H and O–H groups in total. The Bertz CT molecular complexity index is 736. The summed E-state index contributed by atoms with van der Waals surface area (Å²) < 4.78 is 10.0. The Hall–Kier alpha value is -2.88. The molecule has 0 aliphatic rings. The minimum atomic E-state index is -0.516. The van der Waals surface area contributed by atoms with Gasteiger partial charge in [-0.05, 0) is 25.0 Å². The van der Waals surface area contributed by atoms with Gasteiger partial charge in [0, 0.05) is 12.5 Å². The Morgan fingerprint density at radius 3 is 1.64 bits per heavy atom. The molecule has 0 heterocycles. The van der Waals surface area contributed by atoms with Gasteiger partial charge >= 0.3 is 11.9 Å². The van der Waals surface area contributed by atoms with Crippen molar-refractivity contribution in [3.05, 3.63) is 76.4 Å². The quantitative estimate of drug-likeness (QED) is 0.614. The molecule has 4 nitrogen and oxygen atoms in total. The van der Waals surface area contributed by atoms with Gasteiger partial charge in [-0.1, -0.05) is 59.7 Å². The summed E-state index contributed by atoms with van der Waals surface area (Å²) in [5.74, 6) is -0.967. The van der Waals surface area contributed by atoms with Gasteiger partial charge < -0.3 is 9.47 Å². The van der Waals surface area contributed by atoms with Crippen molar-refractivity contribution >= 4 is 17.5 Å². The summed E-state index contributed by atoms with van der Waals surface area (Å²) in [5, 5.41) is 0. The van der Waals surface area contributed by atoms with Crippen molar-refractivity contribution in [3.63, 3.8) is 0 Å². The summed E-state index contributed by atoms with van der Waals surface area (Å²) in [5.41, 5.74) is 4.97. The predicted molar refractivity (Wildman–Crippen MR) is 97.0 cm³/mol. The molecule has 2 rings (SSSR count). The minimum Gasteiger partial charge on any atom is -0.466 e.